The first kappa shape index (κ1) is 11.4. The summed E-state index contributed by atoms with van der Waals surface area (Å²) in [6.07, 6.45) is 1.66. The number of aromatic nitrogens is 2. The second kappa shape index (κ2) is 4.18. The first-order valence-corrected chi connectivity index (χ1v) is 6.26. The SMILES string of the molecule is CC(C)n1c(-c2ccco2)nc2ccc(Cl)cc21. The van der Waals surface area contributed by atoms with Gasteiger partial charge in [0.1, 0.15) is 0 Å². The summed E-state index contributed by atoms with van der Waals surface area (Å²) in [4.78, 5) is 4.63. The quantitative estimate of drug-likeness (QED) is 0.678. The molecule has 0 aliphatic rings. The van der Waals surface area contributed by atoms with Crippen LogP contribution in [0.1, 0.15) is 19.9 Å². The fourth-order valence-electron chi connectivity index (χ4n) is 2.17. The summed E-state index contributed by atoms with van der Waals surface area (Å²) >= 11 is 6.06. The van der Waals surface area contributed by atoms with E-state index in [4.69, 9.17) is 16.0 Å². The van der Waals surface area contributed by atoms with Crippen LogP contribution in [0.2, 0.25) is 5.02 Å². The van der Waals surface area contributed by atoms with Gasteiger partial charge in [0.25, 0.3) is 0 Å². The molecule has 0 amide bonds. The summed E-state index contributed by atoms with van der Waals surface area (Å²) in [5.41, 5.74) is 1.96. The normalized spacial score (nSPS) is 11.6. The number of furan rings is 1. The van der Waals surface area contributed by atoms with Gasteiger partial charge in [-0.1, -0.05) is 11.6 Å². The number of rotatable bonds is 2. The molecule has 0 aliphatic heterocycles. The first-order valence-electron chi connectivity index (χ1n) is 5.88. The second-order valence-corrected chi connectivity index (χ2v) is 4.95. The summed E-state index contributed by atoms with van der Waals surface area (Å²) in [6, 6.07) is 9.80. The van der Waals surface area contributed by atoms with Crippen molar-refractivity contribution in [3.05, 3.63) is 41.6 Å². The molecule has 4 heteroatoms. The molecule has 3 nitrogen and oxygen atoms in total. The molecule has 0 spiro atoms. The number of hydrogen-bond donors (Lipinski definition) is 0. The molecule has 0 atom stereocenters. The van der Waals surface area contributed by atoms with Gasteiger partial charge in [0.05, 0.1) is 17.3 Å². The molecule has 0 N–H and O–H groups in total. The van der Waals surface area contributed by atoms with Gasteiger partial charge >= 0.3 is 0 Å². The fourth-order valence-corrected chi connectivity index (χ4v) is 2.33. The number of hydrogen-bond acceptors (Lipinski definition) is 2. The molecule has 2 aromatic heterocycles. The zero-order valence-corrected chi connectivity index (χ0v) is 11.0. The molecule has 1 aromatic carbocycles. The Balaban J connectivity index is 2.35. The van der Waals surface area contributed by atoms with Gasteiger partial charge in [-0.25, -0.2) is 4.98 Å². The fraction of sp³-hybridized carbons (Fsp3) is 0.214. The van der Waals surface area contributed by atoms with Crippen molar-refractivity contribution in [2.24, 2.45) is 0 Å². The van der Waals surface area contributed by atoms with Crippen molar-refractivity contribution in [3.63, 3.8) is 0 Å². The van der Waals surface area contributed by atoms with Gasteiger partial charge < -0.3 is 8.98 Å². The Kier molecular flexibility index (Phi) is 2.63. The Labute approximate surface area is 110 Å². The highest BCUT2D eigenvalue weighted by Gasteiger charge is 2.16. The van der Waals surface area contributed by atoms with Crippen molar-refractivity contribution < 1.29 is 4.42 Å². The van der Waals surface area contributed by atoms with Gasteiger partial charge in [0.15, 0.2) is 11.6 Å². The topological polar surface area (TPSA) is 31.0 Å². The maximum Gasteiger partial charge on any atom is 0.177 e. The third kappa shape index (κ3) is 1.71. The molecule has 3 aromatic rings. The van der Waals surface area contributed by atoms with E-state index in [1.54, 1.807) is 6.26 Å². The molecule has 0 unspecified atom stereocenters. The monoisotopic (exact) mass is 260 g/mol. The molecule has 0 fully saturated rings. The van der Waals surface area contributed by atoms with E-state index >= 15 is 0 Å². The van der Waals surface area contributed by atoms with Crippen molar-refractivity contribution >= 4 is 22.6 Å². The van der Waals surface area contributed by atoms with Crippen LogP contribution in [-0.4, -0.2) is 9.55 Å². The molecule has 18 heavy (non-hydrogen) atoms. The molecular weight excluding hydrogens is 248 g/mol. The lowest BCUT2D eigenvalue weighted by atomic mass is 10.3. The molecule has 0 saturated heterocycles. The van der Waals surface area contributed by atoms with Gasteiger partial charge in [-0.15, -0.1) is 0 Å². The highest BCUT2D eigenvalue weighted by Crippen LogP contribution is 2.29. The lowest BCUT2D eigenvalue weighted by molar-refractivity contribution is 0.557. The molecule has 2 heterocycles. The minimum atomic E-state index is 0.286. The standard InChI is InChI=1S/C14H13ClN2O/c1-9(2)17-12-8-10(15)5-6-11(12)16-14(17)13-4-3-7-18-13/h3-9H,1-2H3. The number of imidazole rings is 1. The average molecular weight is 261 g/mol. The lowest BCUT2D eigenvalue weighted by Crippen LogP contribution is -2.02. The molecular formula is C14H13ClN2O. The van der Waals surface area contributed by atoms with Crippen molar-refractivity contribution in [2.75, 3.05) is 0 Å². The van der Waals surface area contributed by atoms with E-state index < -0.39 is 0 Å². The summed E-state index contributed by atoms with van der Waals surface area (Å²) in [7, 11) is 0. The van der Waals surface area contributed by atoms with E-state index in [2.05, 4.69) is 23.4 Å². The number of halogens is 1. The van der Waals surface area contributed by atoms with Gasteiger partial charge in [-0.2, -0.15) is 0 Å². The van der Waals surface area contributed by atoms with E-state index in [1.165, 1.54) is 0 Å². The highest BCUT2D eigenvalue weighted by atomic mass is 35.5. The zero-order valence-electron chi connectivity index (χ0n) is 10.2. The Morgan fingerprint density at radius 2 is 2.11 bits per heavy atom. The van der Waals surface area contributed by atoms with Crippen molar-refractivity contribution in [3.8, 4) is 11.6 Å². The van der Waals surface area contributed by atoms with Crippen LogP contribution in [0.15, 0.2) is 41.0 Å². The van der Waals surface area contributed by atoms with Crippen LogP contribution < -0.4 is 0 Å². The maximum atomic E-state index is 6.06. The van der Waals surface area contributed by atoms with Crippen LogP contribution in [0.3, 0.4) is 0 Å². The van der Waals surface area contributed by atoms with Crippen LogP contribution in [-0.2, 0) is 0 Å². The minimum absolute atomic E-state index is 0.286. The van der Waals surface area contributed by atoms with E-state index in [0.29, 0.717) is 0 Å². The maximum absolute atomic E-state index is 6.06. The Morgan fingerprint density at radius 1 is 1.28 bits per heavy atom. The number of fused-ring (bicyclic) bond motifs is 1. The van der Waals surface area contributed by atoms with Gasteiger partial charge in [0, 0.05) is 11.1 Å². The van der Waals surface area contributed by atoms with Crippen LogP contribution in [0.4, 0.5) is 0 Å². The summed E-state index contributed by atoms with van der Waals surface area (Å²) < 4.78 is 7.59. The molecule has 0 bridgehead atoms. The first-order chi connectivity index (χ1) is 8.66. The second-order valence-electron chi connectivity index (χ2n) is 4.51. The zero-order chi connectivity index (χ0) is 12.7. The predicted molar refractivity (Wildman–Crippen MR) is 72.8 cm³/mol. The van der Waals surface area contributed by atoms with E-state index in [-0.39, 0.29) is 6.04 Å². The largest absolute Gasteiger partial charge is 0.461 e. The highest BCUT2D eigenvalue weighted by molar-refractivity contribution is 6.31. The Bertz CT molecular complexity index is 683. The van der Waals surface area contributed by atoms with Crippen LogP contribution in [0, 0.1) is 0 Å². The number of benzene rings is 1. The van der Waals surface area contributed by atoms with Crippen LogP contribution >= 0.6 is 11.6 Å². The van der Waals surface area contributed by atoms with Gasteiger partial charge in [0.2, 0.25) is 0 Å². The molecule has 0 saturated carbocycles. The van der Waals surface area contributed by atoms with E-state index in [9.17, 15) is 0 Å². The van der Waals surface area contributed by atoms with Gasteiger partial charge in [-0.05, 0) is 44.2 Å². The Hall–Kier alpha value is -1.74. The summed E-state index contributed by atoms with van der Waals surface area (Å²) in [6.45, 7) is 4.24. The third-order valence-electron chi connectivity index (χ3n) is 2.91. The van der Waals surface area contributed by atoms with Gasteiger partial charge in [-0.3, -0.25) is 0 Å². The smallest absolute Gasteiger partial charge is 0.177 e. The third-order valence-corrected chi connectivity index (χ3v) is 3.14. The average Bonchev–Trinajstić information content (AvgIpc) is 2.94. The molecule has 0 aliphatic carbocycles. The number of nitrogens with zero attached hydrogens (tertiary/aromatic N) is 2. The van der Waals surface area contributed by atoms with Crippen LogP contribution in [0.25, 0.3) is 22.6 Å². The minimum Gasteiger partial charge on any atom is -0.461 e. The molecule has 0 radical (unpaired) electrons. The van der Waals surface area contributed by atoms with Crippen LogP contribution in [0.5, 0.6) is 0 Å². The lowest BCUT2D eigenvalue weighted by Gasteiger charge is -2.11. The van der Waals surface area contributed by atoms with Crippen molar-refractivity contribution in [2.45, 2.75) is 19.9 Å². The molecule has 3 rings (SSSR count). The van der Waals surface area contributed by atoms with E-state index in [1.807, 2.05) is 30.3 Å². The summed E-state index contributed by atoms with van der Waals surface area (Å²) in [5.74, 6) is 1.61. The molecule has 92 valence electrons. The van der Waals surface area contributed by atoms with Crippen molar-refractivity contribution in [1.29, 1.82) is 0 Å². The summed E-state index contributed by atoms with van der Waals surface area (Å²) in [5, 5.41) is 0.718. The van der Waals surface area contributed by atoms with E-state index in [0.717, 1.165) is 27.6 Å². The van der Waals surface area contributed by atoms with Crippen molar-refractivity contribution in [1.82, 2.24) is 9.55 Å². The predicted octanol–water partition coefficient (Wildman–Crippen LogP) is 4.53. The Morgan fingerprint density at radius 3 is 2.78 bits per heavy atom.